The number of carboxylic acid groups (broad SMARTS) is 1. The molecule has 1 fully saturated rings. The largest absolute Gasteiger partial charge is 0.480 e. The molecule has 2 amide bonds. The highest BCUT2D eigenvalue weighted by Crippen LogP contribution is 2.33. The number of hydrogen-bond donors (Lipinski definition) is 3. The molecule has 92 valence electrons. The summed E-state index contributed by atoms with van der Waals surface area (Å²) in [6, 6.07) is -1.18. The monoisotopic (exact) mass is 246 g/mol. The van der Waals surface area contributed by atoms with Crippen LogP contribution >= 0.6 is 11.8 Å². The van der Waals surface area contributed by atoms with Gasteiger partial charge in [0, 0.05) is 5.54 Å². The predicted molar refractivity (Wildman–Crippen MR) is 63.7 cm³/mol. The zero-order valence-corrected chi connectivity index (χ0v) is 10.4. The molecule has 1 atom stereocenters. The third kappa shape index (κ3) is 4.30. The molecule has 3 N–H and O–H groups in total. The summed E-state index contributed by atoms with van der Waals surface area (Å²) in [6.07, 6.45) is 4.27. The van der Waals surface area contributed by atoms with E-state index in [4.69, 9.17) is 5.11 Å². The van der Waals surface area contributed by atoms with Crippen LogP contribution in [-0.4, -0.2) is 40.7 Å². The van der Waals surface area contributed by atoms with Crippen LogP contribution in [0.1, 0.15) is 26.2 Å². The Morgan fingerprint density at radius 3 is 2.56 bits per heavy atom. The zero-order valence-electron chi connectivity index (χ0n) is 9.58. The van der Waals surface area contributed by atoms with Crippen molar-refractivity contribution in [2.75, 3.05) is 12.0 Å². The molecule has 1 aliphatic carbocycles. The van der Waals surface area contributed by atoms with Crippen LogP contribution in [-0.2, 0) is 4.79 Å². The maximum atomic E-state index is 11.5. The summed E-state index contributed by atoms with van der Waals surface area (Å²) in [6.45, 7) is 1.95. The van der Waals surface area contributed by atoms with Gasteiger partial charge in [0.1, 0.15) is 6.04 Å². The second kappa shape index (κ2) is 5.43. The van der Waals surface area contributed by atoms with Gasteiger partial charge < -0.3 is 15.7 Å². The van der Waals surface area contributed by atoms with Crippen molar-refractivity contribution in [1.82, 2.24) is 10.6 Å². The lowest BCUT2D eigenvalue weighted by atomic mass is 10.2. The molecule has 0 heterocycles. The van der Waals surface area contributed by atoms with E-state index in [9.17, 15) is 9.59 Å². The maximum Gasteiger partial charge on any atom is 0.326 e. The van der Waals surface area contributed by atoms with Gasteiger partial charge in [-0.15, -0.1) is 0 Å². The third-order valence-corrected chi connectivity index (χ3v) is 3.27. The SMILES string of the molecule is CSCC[C@H](NC(=O)NC1(C)CC1)C(=O)O. The van der Waals surface area contributed by atoms with Crippen LogP contribution in [0.25, 0.3) is 0 Å². The first-order chi connectivity index (χ1) is 7.47. The van der Waals surface area contributed by atoms with Gasteiger partial charge in [-0.1, -0.05) is 0 Å². The number of urea groups is 1. The van der Waals surface area contributed by atoms with Crippen LogP contribution in [0.15, 0.2) is 0 Å². The van der Waals surface area contributed by atoms with Crippen molar-refractivity contribution >= 4 is 23.8 Å². The van der Waals surface area contributed by atoms with Crippen LogP contribution in [0.5, 0.6) is 0 Å². The summed E-state index contributed by atoms with van der Waals surface area (Å²) >= 11 is 1.56. The van der Waals surface area contributed by atoms with Crippen molar-refractivity contribution in [3.8, 4) is 0 Å². The molecule has 16 heavy (non-hydrogen) atoms. The van der Waals surface area contributed by atoms with Crippen molar-refractivity contribution < 1.29 is 14.7 Å². The third-order valence-electron chi connectivity index (χ3n) is 2.63. The van der Waals surface area contributed by atoms with E-state index in [2.05, 4.69) is 10.6 Å². The molecule has 0 aromatic heterocycles. The molecule has 1 rings (SSSR count). The minimum absolute atomic E-state index is 0.118. The number of hydrogen-bond acceptors (Lipinski definition) is 3. The van der Waals surface area contributed by atoms with Gasteiger partial charge in [-0.05, 0) is 38.2 Å². The van der Waals surface area contributed by atoms with E-state index in [1.165, 1.54) is 0 Å². The summed E-state index contributed by atoms with van der Waals surface area (Å²) < 4.78 is 0. The first-order valence-electron chi connectivity index (χ1n) is 5.27. The fourth-order valence-electron chi connectivity index (χ4n) is 1.27. The van der Waals surface area contributed by atoms with Gasteiger partial charge in [0.25, 0.3) is 0 Å². The number of carboxylic acids is 1. The molecule has 0 spiro atoms. The number of amides is 2. The van der Waals surface area contributed by atoms with E-state index in [0.717, 1.165) is 12.8 Å². The zero-order chi connectivity index (χ0) is 12.2. The van der Waals surface area contributed by atoms with Crippen molar-refractivity contribution in [3.05, 3.63) is 0 Å². The quantitative estimate of drug-likeness (QED) is 0.654. The van der Waals surface area contributed by atoms with Gasteiger partial charge in [-0.25, -0.2) is 9.59 Å². The number of rotatable bonds is 6. The summed E-state index contributed by atoms with van der Waals surface area (Å²) in [5.74, 6) is -0.265. The Morgan fingerprint density at radius 2 is 2.12 bits per heavy atom. The highest BCUT2D eigenvalue weighted by atomic mass is 32.2. The van der Waals surface area contributed by atoms with Crippen molar-refractivity contribution in [3.63, 3.8) is 0 Å². The number of carbonyl (C=O) groups is 2. The molecule has 0 bridgehead atoms. The Hall–Kier alpha value is -0.910. The molecule has 6 heteroatoms. The molecule has 1 aliphatic rings. The van der Waals surface area contributed by atoms with E-state index < -0.39 is 12.0 Å². The first-order valence-corrected chi connectivity index (χ1v) is 6.67. The molecular weight excluding hydrogens is 228 g/mol. The highest BCUT2D eigenvalue weighted by Gasteiger charge is 2.39. The van der Waals surface area contributed by atoms with Crippen LogP contribution in [0.3, 0.4) is 0 Å². The molecule has 0 aromatic carbocycles. The summed E-state index contributed by atoms with van der Waals surface area (Å²) in [5, 5.41) is 14.2. The van der Waals surface area contributed by atoms with Crippen LogP contribution in [0.4, 0.5) is 4.79 Å². The first kappa shape index (κ1) is 13.2. The number of thioether (sulfide) groups is 1. The van der Waals surface area contributed by atoms with Gasteiger partial charge in [0.2, 0.25) is 0 Å². The predicted octanol–water partition coefficient (Wildman–Crippen LogP) is 1.04. The molecule has 1 saturated carbocycles. The highest BCUT2D eigenvalue weighted by molar-refractivity contribution is 7.98. The summed E-state index contributed by atoms with van der Waals surface area (Å²) in [4.78, 5) is 22.4. The lowest BCUT2D eigenvalue weighted by Crippen LogP contribution is -2.49. The average molecular weight is 246 g/mol. The smallest absolute Gasteiger partial charge is 0.326 e. The van der Waals surface area contributed by atoms with Crippen LogP contribution in [0.2, 0.25) is 0 Å². The Balaban J connectivity index is 2.35. The molecule has 0 unspecified atom stereocenters. The standard InChI is InChI=1S/C10H18N2O3S/c1-10(4-5-10)12-9(15)11-7(8(13)14)3-6-16-2/h7H,3-6H2,1-2H3,(H,13,14)(H2,11,12,15)/t7-/m0/s1. The maximum absolute atomic E-state index is 11.5. The topological polar surface area (TPSA) is 78.4 Å². The second-order valence-corrected chi connectivity index (χ2v) is 5.32. The number of nitrogens with one attached hydrogen (secondary N) is 2. The van der Waals surface area contributed by atoms with E-state index in [-0.39, 0.29) is 11.6 Å². The van der Waals surface area contributed by atoms with Crippen molar-refractivity contribution in [2.45, 2.75) is 37.8 Å². The Bertz CT molecular complexity index is 279. The lowest BCUT2D eigenvalue weighted by Gasteiger charge is -2.17. The Morgan fingerprint density at radius 1 is 1.50 bits per heavy atom. The molecule has 0 aromatic rings. The summed E-state index contributed by atoms with van der Waals surface area (Å²) in [5.41, 5.74) is -0.118. The second-order valence-electron chi connectivity index (χ2n) is 4.33. The molecule has 5 nitrogen and oxygen atoms in total. The van der Waals surface area contributed by atoms with Crippen LogP contribution < -0.4 is 10.6 Å². The summed E-state index contributed by atoms with van der Waals surface area (Å²) in [7, 11) is 0. The van der Waals surface area contributed by atoms with E-state index >= 15 is 0 Å². The fourth-order valence-corrected chi connectivity index (χ4v) is 1.75. The van der Waals surface area contributed by atoms with Crippen molar-refractivity contribution in [1.29, 1.82) is 0 Å². The van der Waals surface area contributed by atoms with Crippen LogP contribution in [0, 0.1) is 0 Å². The lowest BCUT2D eigenvalue weighted by molar-refractivity contribution is -0.139. The Kier molecular flexibility index (Phi) is 4.46. The number of carbonyl (C=O) groups excluding carboxylic acids is 1. The minimum Gasteiger partial charge on any atom is -0.480 e. The van der Waals surface area contributed by atoms with Gasteiger partial charge in [-0.2, -0.15) is 11.8 Å². The molecular formula is C10H18N2O3S. The van der Waals surface area contributed by atoms with Gasteiger partial charge in [-0.3, -0.25) is 0 Å². The molecule has 0 aliphatic heterocycles. The molecule has 0 radical (unpaired) electrons. The minimum atomic E-state index is -0.981. The average Bonchev–Trinajstić information content (AvgIpc) is 2.89. The van der Waals surface area contributed by atoms with Gasteiger partial charge >= 0.3 is 12.0 Å². The van der Waals surface area contributed by atoms with Crippen molar-refractivity contribution in [2.24, 2.45) is 0 Å². The van der Waals surface area contributed by atoms with E-state index in [0.29, 0.717) is 12.2 Å². The number of aliphatic carboxylic acids is 1. The van der Waals surface area contributed by atoms with Gasteiger partial charge in [0.05, 0.1) is 0 Å². The fraction of sp³-hybridized carbons (Fsp3) is 0.800. The Labute approximate surface area is 99.4 Å². The van der Waals surface area contributed by atoms with E-state index in [1.807, 2.05) is 13.2 Å². The van der Waals surface area contributed by atoms with E-state index in [1.54, 1.807) is 11.8 Å². The van der Waals surface area contributed by atoms with Gasteiger partial charge in [0.15, 0.2) is 0 Å². The normalized spacial score (nSPS) is 18.6. The molecule has 0 saturated heterocycles.